The van der Waals surface area contributed by atoms with Crippen molar-refractivity contribution in [3.63, 3.8) is 0 Å². The van der Waals surface area contributed by atoms with Crippen LogP contribution < -0.4 is 5.32 Å². The average molecular weight is 306 g/mol. The molecule has 6 nitrogen and oxygen atoms in total. The number of ether oxygens (including phenoxy) is 1. The van der Waals surface area contributed by atoms with Crippen molar-refractivity contribution in [2.24, 2.45) is 18.0 Å². The minimum atomic E-state index is -0.0925. The van der Waals surface area contributed by atoms with Gasteiger partial charge in [-0.2, -0.15) is 0 Å². The Kier molecular flexibility index (Phi) is 5.86. The Hall–Kier alpha value is -1.98. The van der Waals surface area contributed by atoms with Gasteiger partial charge in [-0.3, -0.25) is 9.79 Å². The lowest BCUT2D eigenvalue weighted by Crippen LogP contribution is -2.48. The molecule has 6 heteroatoms. The molecule has 0 saturated carbocycles. The topological polar surface area (TPSA) is 58.9 Å². The fourth-order valence-electron chi connectivity index (χ4n) is 2.80. The summed E-state index contributed by atoms with van der Waals surface area (Å²) < 4.78 is 7.23. The second kappa shape index (κ2) is 7.87. The first kappa shape index (κ1) is 16.4. The molecule has 1 aromatic rings. The number of piperidine rings is 1. The zero-order valence-electron chi connectivity index (χ0n) is 13.7. The maximum Gasteiger partial charge on any atom is 0.310 e. The predicted molar refractivity (Wildman–Crippen MR) is 86.5 cm³/mol. The number of aryl methyl sites for hydroxylation is 1. The van der Waals surface area contributed by atoms with Crippen LogP contribution in [0.2, 0.25) is 0 Å². The Morgan fingerprint density at radius 1 is 1.55 bits per heavy atom. The molecule has 0 spiro atoms. The van der Waals surface area contributed by atoms with Crippen LogP contribution in [0.4, 0.5) is 0 Å². The SMILES string of the molecule is CCOC(=O)[C@H]1CCCN(C(=NC)NCc2cccn2C)C1. The van der Waals surface area contributed by atoms with Crippen molar-refractivity contribution in [3.05, 3.63) is 24.0 Å². The summed E-state index contributed by atoms with van der Waals surface area (Å²) in [5.74, 6) is 0.697. The van der Waals surface area contributed by atoms with Crippen LogP contribution in [-0.4, -0.2) is 48.1 Å². The third-order valence-electron chi connectivity index (χ3n) is 4.03. The van der Waals surface area contributed by atoms with E-state index in [1.54, 1.807) is 7.05 Å². The Balaban J connectivity index is 1.92. The van der Waals surface area contributed by atoms with Gasteiger partial charge in [0.25, 0.3) is 0 Å². The lowest BCUT2D eigenvalue weighted by atomic mass is 9.98. The van der Waals surface area contributed by atoms with E-state index < -0.39 is 0 Å². The van der Waals surface area contributed by atoms with E-state index in [-0.39, 0.29) is 11.9 Å². The molecule has 0 unspecified atom stereocenters. The molecule has 1 saturated heterocycles. The summed E-state index contributed by atoms with van der Waals surface area (Å²) in [4.78, 5) is 18.4. The fraction of sp³-hybridized carbons (Fsp3) is 0.625. The number of carbonyl (C=O) groups excluding carboxylic acids is 1. The van der Waals surface area contributed by atoms with Crippen molar-refractivity contribution < 1.29 is 9.53 Å². The molecule has 1 fully saturated rings. The monoisotopic (exact) mass is 306 g/mol. The summed E-state index contributed by atoms with van der Waals surface area (Å²) in [5, 5.41) is 3.38. The molecule has 0 radical (unpaired) electrons. The van der Waals surface area contributed by atoms with Gasteiger partial charge in [-0.1, -0.05) is 0 Å². The molecule has 0 bridgehead atoms. The predicted octanol–water partition coefficient (Wildman–Crippen LogP) is 1.38. The zero-order chi connectivity index (χ0) is 15.9. The maximum absolute atomic E-state index is 11.9. The van der Waals surface area contributed by atoms with Crippen molar-refractivity contribution in [2.75, 3.05) is 26.7 Å². The van der Waals surface area contributed by atoms with Crippen LogP contribution in [0, 0.1) is 5.92 Å². The average Bonchev–Trinajstić information content (AvgIpc) is 2.94. The van der Waals surface area contributed by atoms with Gasteiger partial charge in [0.05, 0.1) is 19.1 Å². The summed E-state index contributed by atoms with van der Waals surface area (Å²) in [7, 11) is 3.80. The largest absolute Gasteiger partial charge is 0.466 e. The molecule has 1 atom stereocenters. The molecule has 0 aromatic carbocycles. The highest BCUT2D eigenvalue weighted by Crippen LogP contribution is 2.18. The third-order valence-corrected chi connectivity index (χ3v) is 4.03. The summed E-state index contributed by atoms with van der Waals surface area (Å²) in [6.45, 7) is 4.60. The van der Waals surface area contributed by atoms with E-state index in [1.807, 2.05) is 26.2 Å². The lowest BCUT2D eigenvalue weighted by Gasteiger charge is -2.34. The Bertz CT molecular complexity index is 524. The van der Waals surface area contributed by atoms with E-state index in [4.69, 9.17) is 4.74 Å². The minimum absolute atomic E-state index is 0.0534. The van der Waals surface area contributed by atoms with Crippen LogP contribution in [0.5, 0.6) is 0 Å². The van der Waals surface area contributed by atoms with Gasteiger partial charge in [0, 0.05) is 39.1 Å². The molecule has 1 N–H and O–H groups in total. The smallest absolute Gasteiger partial charge is 0.310 e. The quantitative estimate of drug-likeness (QED) is 0.519. The van der Waals surface area contributed by atoms with Gasteiger partial charge in [0.1, 0.15) is 0 Å². The van der Waals surface area contributed by atoms with Crippen molar-refractivity contribution >= 4 is 11.9 Å². The standard InChI is InChI=1S/C16H26N4O2/c1-4-22-15(21)13-7-5-10-20(12-13)16(17-2)18-11-14-8-6-9-19(14)3/h6,8-9,13H,4-5,7,10-12H2,1-3H3,(H,17,18)/t13-/m0/s1. The Morgan fingerprint density at radius 3 is 3.00 bits per heavy atom. The molecule has 1 aliphatic rings. The fourth-order valence-corrected chi connectivity index (χ4v) is 2.80. The third kappa shape index (κ3) is 4.02. The van der Waals surface area contributed by atoms with Gasteiger partial charge in [-0.25, -0.2) is 0 Å². The molecule has 0 amide bonds. The van der Waals surface area contributed by atoms with Crippen LogP contribution in [0.15, 0.2) is 23.3 Å². The first-order valence-corrected chi connectivity index (χ1v) is 7.88. The van der Waals surface area contributed by atoms with Crippen LogP contribution in [0.1, 0.15) is 25.5 Å². The zero-order valence-corrected chi connectivity index (χ0v) is 13.7. The number of hydrogen-bond donors (Lipinski definition) is 1. The van der Waals surface area contributed by atoms with Gasteiger partial charge in [0.2, 0.25) is 0 Å². The number of hydrogen-bond acceptors (Lipinski definition) is 3. The minimum Gasteiger partial charge on any atom is -0.466 e. The van der Waals surface area contributed by atoms with E-state index in [0.29, 0.717) is 13.2 Å². The van der Waals surface area contributed by atoms with Gasteiger partial charge in [-0.05, 0) is 31.9 Å². The van der Waals surface area contributed by atoms with Crippen molar-refractivity contribution in [3.8, 4) is 0 Å². The van der Waals surface area contributed by atoms with Gasteiger partial charge < -0.3 is 19.5 Å². The highest BCUT2D eigenvalue weighted by molar-refractivity contribution is 5.81. The molecule has 2 rings (SSSR count). The van der Waals surface area contributed by atoms with E-state index in [0.717, 1.165) is 31.9 Å². The number of nitrogens with zero attached hydrogens (tertiary/aromatic N) is 3. The van der Waals surface area contributed by atoms with E-state index in [2.05, 4.69) is 25.8 Å². The van der Waals surface area contributed by atoms with Gasteiger partial charge >= 0.3 is 5.97 Å². The molecule has 22 heavy (non-hydrogen) atoms. The van der Waals surface area contributed by atoms with E-state index in [9.17, 15) is 4.79 Å². The van der Waals surface area contributed by atoms with Crippen LogP contribution in [0.25, 0.3) is 0 Å². The first-order chi connectivity index (χ1) is 10.7. The lowest BCUT2D eigenvalue weighted by molar-refractivity contribution is -0.149. The number of aliphatic imine (C=N–C) groups is 1. The van der Waals surface area contributed by atoms with Gasteiger partial charge in [0.15, 0.2) is 5.96 Å². The number of nitrogens with one attached hydrogen (secondary N) is 1. The summed E-state index contributed by atoms with van der Waals surface area (Å²) >= 11 is 0. The molecular formula is C16H26N4O2. The maximum atomic E-state index is 11.9. The highest BCUT2D eigenvalue weighted by Gasteiger charge is 2.28. The second-order valence-corrected chi connectivity index (χ2v) is 5.55. The number of aromatic nitrogens is 1. The highest BCUT2D eigenvalue weighted by atomic mass is 16.5. The second-order valence-electron chi connectivity index (χ2n) is 5.55. The Labute approximate surface area is 132 Å². The van der Waals surface area contributed by atoms with Crippen LogP contribution in [-0.2, 0) is 23.1 Å². The number of rotatable bonds is 4. The first-order valence-electron chi connectivity index (χ1n) is 7.88. The summed E-state index contributed by atoms with van der Waals surface area (Å²) in [6, 6.07) is 4.11. The van der Waals surface area contributed by atoms with Crippen molar-refractivity contribution in [1.29, 1.82) is 0 Å². The van der Waals surface area contributed by atoms with Crippen molar-refractivity contribution in [2.45, 2.75) is 26.3 Å². The number of guanidine groups is 1. The molecule has 122 valence electrons. The van der Waals surface area contributed by atoms with Crippen LogP contribution >= 0.6 is 0 Å². The number of likely N-dealkylation sites (tertiary alicyclic amines) is 1. The van der Waals surface area contributed by atoms with Gasteiger partial charge in [-0.15, -0.1) is 0 Å². The van der Waals surface area contributed by atoms with Crippen molar-refractivity contribution in [1.82, 2.24) is 14.8 Å². The van der Waals surface area contributed by atoms with E-state index in [1.165, 1.54) is 5.69 Å². The molecule has 2 heterocycles. The number of carbonyl (C=O) groups is 1. The molecule has 1 aliphatic heterocycles. The van der Waals surface area contributed by atoms with E-state index >= 15 is 0 Å². The summed E-state index contributed by atoms with van der Waals surface area (Å²) in [5.41, 5.74) is 1.19. The molecule has 1 aromatic heterocycles. The van der Waals surface area contributed by atoms with Crippen LogP contribution in [0.3, 0.4) is 0 Å². The molecule has 0 aliphatic carbocycles. The normalized spacial score (nSPS) is 19.1. The summed E-state index contributed by atoms with van der Waals surface area (Å²) in [6.07, 6.45) is 3.90. The Morgan fingerprint density at radius 2 is 2.36 bits per heavy atom. The number of esters is 1. The molecular weight excluding hydrogens is 280 g/mol.